The summed E-state index contributed by atoms with van der Waals surface area (Å²) >= 11 is 0. The van der Waals surface area contributed by atoms with Crippen LogP contribution in [0.2, 0.25) is 0 Å². The molecule has 0 atom stereocenters. The van der Waals surface area contributed by atoms with E-state index in [0.29, 0.717) is 6.61 Å². The maximum atomic E-state index is 12.5. The van der Waals surface area contributed by atoms with Crippen LogP contribution in [0.5, 0.6) is 5.75 Å². The average Bonchev–Trinajstić information content (AvgIpc) is 2.24. The van der Waals surface area contributed by atoms with E-state index in [1.807, 2.05) is 13.8 Å². The fourth-order valence-electron chi connectivity index (χ4n) is 1.17. The fraction of sp³-hybridized carbons (Fsp3) is 0.417. The lowest BCUT2D eigenvalue weighted by Crippen LogP contribution is -2.08. The van der Waals surface area contributed by atoms with Gasteiger partial charge < -0.3 is 4.74 Å². The number of nitriles is 1. The van der Waals surface area contributed by atoms with E-state index in [1.165, 1.54) is 6.07 Å². The first kappa shape index (κ1) is 13.4. The summed E-state index contributed by atoms with van der Waals surface area (Å²) in [5, 5.41) is 8.66. The summed E-state index contributed by atoms with van der Waals surface area (Å²) in [5.41, 5.74) is -0.922. The number of alkyl halides is 3. The number of hydrogen-bond donors (Lipinski definition) is 0. The third-order valence-electron chi connectivity index (χ3n) is 1.95. The number of benzene rings is 1. The molecule has 1 rings (SSSR count). The molecule has 0 saturated carbocycles. The first-order valence-corrected chi connectivity index (χ1v) is 5.08. The van der Waals surface area contributed by atoms with Gasteiger partial charge in [-0.15, -0.1) is 0 Å². The minimum atomic E-state index is -4.47. The van der Waals surface area contributed by atoms with Gasteiger partial charge in [0.2, 0.25) is 0 Å². The summed E-state index contributed by atoms with van der Waals surface area (Å²) in [7, 11) is 0. The molecular weight excluding hydrogens is 231 g/mol. The normalized spacial score (nSPS) is 11.4. The van der Waals surface area contributed by atoms with Gasteiger partial charge in [0.25, 0.3) is 0 Å². The van der Waals surface area contributed by atoms with E-state index in [2.05, 4.69) is 0 Å². The van der Waals surface area contributed by atoms with E-state index in [-0.39, 0.29) is 17.2 Å². The predicted octanol–water partition coefficient (Wildman–Crippen LogP) is 3.61. The topological polar surface area (TPSA) is 33.0 Å². The van der Waals surface area contributed by atoms with Gasteiger partial charge in [-0.2, -0.15) is 18.4 Å². The Morgan fingerprint density at radius 1 is 1.29 bits per heavy atom. The molecule has 0 heterocycles. The first-order valence-electron chi connectivity index (χ1n) is 5.08. The third-order valence-corrected chi connectivity index (χ3v) is 1.95. The van der Waals surface area contributed by atoms with Crippen LogP contribution in [-0.4, -0.2) is 6.61 Å². The number of ether oxygens (including phenoxy) is 1. The maximum Gasteiger partial charge on any atom is 0.416 e. The SMILES string of the molecule is CC(C)COc1cc(C#N)cc(C(F)(F)F)c1. The van der Waals surface area contributed by atoms with E-state index < -0.39 is 11.7 Å². The monoisotopic (exact) mass is 243 g/mol. The van der Waals surface area contributed by atoms with Crippen molar-refractivity contribution in [3.63, 3.8) is 0 Å². The van der Waals surface area contributed by atoms with Gasteiger partial charge in [0, 0.05) is 0 Å². The number of halogens is 3. The Morgan fingerprint density at radius 3 is 2.41 bits per heavy atom. The molecule has 0 amide bonds. The highest BCUT2D eigenvalue weighted by atomic mass is 19.4. The van der Waals surface area contributed by atoms with Crippen LogP contribution in [0.1, 0.15) is 25.0 Å². The highest BCUT2D eigenvalue weighted by molar-refractivity contribution is 5.41. The van der Waals surface area contributed by atoms with Crippen LogP contribution in [-0.2, 0) is 6.18 Å². The highest BCUT2D eigenvalue weighted by Gasteiger charge is 2.31. The van der Waals surface area contributed by atoms with Gasteiger partial charge in [0.1, 0.15) is 5.75 Å². The molecule has 0 unspecified atom stereocenters. The summed E-state index contributed by atoms with van der Waals surface area (Å²) in [4.78, 5) is 0. The molecule has 0 aliphatic carbocycles. The van der Waals surface area contributed by atoms with Crippen molar-refractivity contribution >= 4 is 0 Å². The molecule has 0 aliphatic heterocycles. The van der Waals surface area contributed by atoms with Crippen molar-refractivity contribution in [3.05, 3.63) is 29.3 Å². The van der Waals surface area contributed by atoms with Crippen molar-refractivity contribution in [1.29, 1.82) is 5.26 Å². The predicted molar refractivity (Wildman–Crippen MR) is 56.5 cm³/mol. The molecule has 0 aliphatic rings. The Kier molecular flexibility index (Phi) is 4.00. The van der Waals surface area contributed by atoms with Crippen LogP contribution in [0.4, 0.5) is 13.2 Å². The van der Waals surface area contributed by atoms with Gasteiger partial charge in [0.15, 0.2) is 0 Å². The quantitative estimate of drug-likeness (QED) is 0.812. The minimum Gasteiger partial charge on any atom is -0.493 e. The van der Waals surface area contributed by atoms with Crippen molar-refractivity contribution < 1.29 is 17.9 Å². The van der Waals surface area contributed by atoms with Crippen LogP contribution in [0.15, 0.2) is 18.2 Å². The first-order chi connectivity index (χ1) is 7.82. The zero-order valence-electron chi connectivity index (χ0n) is 9.51. The summed E-state index contributed by atoms with van der Waals surface area (Å²) in [6.07, 6.45) is -4.47. The van der Waals surface area contributed by atoms with Gasteiger partial charge >= 0.3 is 6.18 Å². The Labute approximate surface area is 97.6 Å². The lowest BCUT2D eigenvalue weighted by atomic mass is 10.1. The molecular formula is C12H12F3NO. The zero-order valence-corrected chi connectivity index (χ0v) is 9.51. The van der Waals surface area contributed by atoms with Gasteiger partial charge in [-0.1, -0.05) is 13.8 Å². The molecule has 0 fully saturated rings. The smallest absolute Gasteiger partial charge is 0.416 e. The van der Waals surface area contributed by atoms with E-state index in [9.17, 15) is 13.2 Å². The van der Waals surface area contributed by atoms with E-state index in [4.69, 9.17) is 10.00 Å². The second-order valence-electron chi connectivity index (χ2n) is 4.06. The van der Waals surface area contributed by atoms with Crippen molar-refractivity contribution in [2.24, 2.45) is 5.92 Å². The standard InChI is InChI=1S/C12H12F3NO/c1-8(2)7-17-11-4-9(6-16)3-10(5-11)12(13,14)15/h3-5,8H,7H2,1-2H3. The van der Waals surface area contributed by atoms with Crippen molar-refractivity contribution in [2.75, 3.05) is 6.61 Å². The average molecular weight is 243 g/mol. The van der Waals surface area contributed by atoms with Crippen LogP contribution in [0.3, 0.4) is 0 Å². The molecule has 0 spiro atoms. The number of rotatable bonds is 3. The number of nitrogens with zero attached hydrogens (tertiary/aromatic N) is 1. The third kappa shape index (κ3) is 3.99. The maximum absolute atomic E-state index is 12.5. The second kappa shape index (κ2) is 5.09. The fourth-order valence-corrected chi connectivity index (χ4v) is 1.17. The van der Waals surface area contributed by atoms with E-state index in [0.717, 1.165) is 12.1 Å². The van der Waals surface area contributed by atoms with Crippen LogP contribution in [0.25, 0.3) is 0 Å². The molecule has 92 valence electrons. The van der Waals surface area contributed by atoms with Crippen LogP contribution in [0, 0.1) is 17.2 Å². The van der Waals surface area contributed by atoms with Gasteiger partial charge in [0.05, 0.1) is 23.8 Å². The lowest BCUT2D eigenvalue weighted by Gasteiger charge is -2.12. The molecule has 1 aromatic rings. The van der Waals surface area contributed by atoms with Gasteiger partial charge in [-0.25, -0.2) is 0 Å². The molecule has 0 N–H and O–H groups in total. The molecule has 0 bridgehead atoms. The Bertz CT molecular complexity index is 432. The summed E-state index contributed by atoms with van der Waals surface area (Å²) < 4.78 is 42.7. The summed E-state index contributed by atoms with van der Waals surface area (Å²) in [5.74, 6) is 0.278. The van der Waals surface area contributed by atoms with Crippen molar-refractivity contribution in [2.45, 2.75) is 20.0 Å². The molecule has 0 aromatic heterocycles. The van der Waals surface area contributed by atoms with E-state index >= 15 is 0 Å². The van der Waals surface area contributed by atoms with Crippen LogP contribution < -0.4 is 4.74 Å². The second-order valence-corrected chi connectivity index (χ2v) is 4.06. The molecule has 0 saturated heterocycles. The lowest BCUT2D eigenvalue weighted by molar-refractivity contribution is -0.137. The Hall–Kier alpha value is -1.70. The molecule has 1 aromatic carbocycles. The van der Waals surface area contributed by atoms with Crippen molar-refractivity contribution in [3.8, 4) is 11.8 Å². The Morgan fingerprint density at radius 2 is 1.94 bits per heavy atom. The minimum absolute atomic E-state index is 0.0569. The summed E-state index contributed by atoms with van der Waals surface area (Å²) in [6, 6.07) is 4.70. The zero-order chi connectivity index (χ0) is 13.1. The van der Waals surface area contributed by atoms with E-state index in [1.54, 1.807) is 6.07 Å². The molecule has 0 radical (unpaired) electrons. The van der Waals surface area contributed by atoms with Crippen LogP contribution >= 0.6 is 0 Å². The molecule has 5 heteroatoms. The van der Waals surface area contributed by atoms with Gasteiger partial charge in [-0.05, 0) is 24.1 Å². The van der Waals surface area contributed by atoms with Gasteiger partial charge in [-0.3, -0.25) is 0 Å². The number of hydrogen-bond acceptors (Lipinski definition) is 2. The molecule has 17 heavy (non-hydrogen) atoms. The molecule has 2 nitrogen and oxygen atoms in total. The highest BCUT2D eigenvalue weighted by Crippen LogP contribution is 2.32. The largest absolute Gasteiger partial charge is 0.493 e. The Balaban J connectivity index is 3.03. The summed E-state index contributed by atoms with van der Waals surface area (Å²) in [6.45, 7) is 4.09. The van der Waals surface area contributed by atoms with Crippen molar-refractivity contribution in [1.82, 2.24) is 0 Å².